The zero-order chi connectivity index (χ0) is 38.6. The monoisotopic (exact) mass is 780 g/mol. The van der Waals surface area contributed by atoms with Crippen LogP contribution in [0.1, 0.15) is 40.2 Å². The Hall–Kier alpha value is -5.40. The second-order valence-electron chi connectivity index (χ2n) is 13.5. The molecule has 54 heavy (non-hydrogen) atoms. The number of aromatic hydroxyl groups is 1. The number of carbonyl (C=O) groups excluding carboxylic acids is 5. The molecule has 2 aliphatic heterocycles. The molecular weight excluding hydrogens is 758 g/mol. The molecule has 0 unspecified atom stereocenters. The van der Waals surface area contributed by atoms with Crippen molar-refractivity contribution in [2.24, 2.45) is 17.8 Å². The number of phenolic OH excluding ortho intramolecular Hbond substituents is 1. The lowest BCUT2D eigenvalue weighted by atomic mass is 9.56. The lowest BCUT2D eigenvalue weighted by Gasteiger charge is -2.50. The van der Waals surface area contributed by atoms with E-state index in [-0.39, 0.29) is 39.7 Å². The van der Waals surface area contributed by atoms with Gasteiger partial charge in [0, 0.05) is 17.0 Å². The van der Waals surface area contributed by atoms with Crippen LogP contribution in [-0.4, -0.2) is 44.3 Å². The predicted octanol–water partition coefficient (Wildman–Crippen LogP) is 7.09. The summed E-state index contributed by atoms with van der Waals surface area (Å²) in [5, 5.41) is 10.0. The molecule has 8 nitrogen and oxygen atoms in total. The number of anilines is 2. The average molecular weight is 782 g/mol. The van der Waals surface area contributed by atoms with Crippen molar-refractivity contribution >= 4 is 64.0 Å². The van der Waals surface area contributed by atoms with E-state index in [9.17, 15) is 42.3 Å². The fourth-order valence-electron chi connectivity index (χ4n) is 8.38. The number of fused-ring (bicyclic) bond motifs is 4. The molecule has 4 aromatic rings. The number of allylic oxidation sites excluding steroid dienone is 2. The van der Waals surface area contributed by atoms with Crippen LogP contribution in [0.15, 0.2) is 90.5 Å². The second kappa shape index (κ2) is 12.3. The quantitative estimate of drug-likeness (QED) is 0.0441. The smallest absolute Gasteiger partial charge is 0.258 e. The van der Waals surface area contributed by atoms with E-state index in [4.69, 9.17) is 23.2 Å². The van der Waals surface area contributed by atoms with Gasteiger partial charge in [0.15, 0.2) is 38.8 Å². The lowest BCUT2D eigenvalue weighted by molar-refractivity contribution is -0.125. The molecule has 4 aliphatic rings. The van der Waals surface area contributed by atoms with Gasteiger partial charge in [-0.05, 0) is 60.7 Å². The first-order chi connectivity index (χ1) is 25.6. The number of carbonyl (C=O) groups is 5. The Bertz CT molecular complexity index is 2350. The van der Waals surface area contributed by atoms with Crippen LogP contribution >= 0.6 is 23.2 Å². The van der Waals surface area contributed by atoms with E-state index in [1.54, 1.807) is 36.4 Å². The Balaban J connectivity index is 1.22. The van der Waals surface area contributed by atoms with Crippen molar-refractivity contribution < 1.29 is 51.0 Å². The van der Waals surface area contributed by atoms with Gasteiger partial charge in [-0.15, -0.1) is 23.2 Å². The third-order valence-electron chi connectivity index (χ3n) is 10.9. The summed E-state index contributed by atoms with van der Waals surface area (Å²) in [7, 11) is 0. The summed E-state index contributed by atoms with van der Waals surface area (Å²) in [4.78, 5) is 65.3. The van der Waals surface area contributed by atoms with Crippen molar-refractivity contribution in [3.63, 3.8) is 0 Å². The van der Waals surface area contributed by atoms with Crippen molar-refractivity contribution in [1.29, 1.82) is 0 Å². The third-order valence-corrected chi connectivity index (χ3v) is 12.3. The maximum absolute atomic E-state index is 15.2. The maximum atomic E-state index is 15.2. The molecular formula is C39H23Cl2F5N2O6. The Morgan fingerprint density at radius 3 is 1.87 bits per heavy atom. The highest BCUT2D eigenvalue weighted by molar-refractivity contribution is 6.58. The molecule has 0 spiro atoms. The number of imide groups is 2. The largest absolute Gasteiger partial charge is 0.508 e. The summed E-state index contributed by atoms with van der Waals surface area (Å²) in [6.45, 7) is 0. The molecule has 1 saturated carbocycles. The van der Waals surface area contributed by atoms with Gasteiger partial charge in [0.25, 0.3) is 11.8 Å². The summed E-state index contributed by atoms with van der Waals surface area (Å²) in [6, 6.07) is 19.4. The Morgan fingerprint density at radius 2 is 1.26 bits per heavy atom. The van der Waals surface area contributed by atoms with Crippen LogP contribution in [-0.2, 0) is 19.2 Å². The fourth-order valence-corrected chi connectivity index (χ4v) is 9.32. The highest BCUT2D eigenvalue weighted by Gasteiger charge is 2.77. The number of hydrogen-bond acceptors (Lipinski definition) is 6. The number of phenols is 1. The summed E-state index contributed by atoms with van der Waals surface area (Å²) in [6.07, 6.45) is 0.856. The third kappa shape index (κ3) is 4.70. The van der Waals surface area contributed by atoms with Crippen LogP contribution in [0, 0.1) is 46.8 Å². The van der Waals surface area contributed by atoms with Gasteiger partial charge in [0.1, 0.15) is 11.4 Å². The van der Waals surface area contributed by atoms with Gasteiger partial charge < -0.3 is 5.11 Å². The highest BCUT2D eigenvalue weighted by atomic mass is 35.5. The zero-order valence-electron chi connectivity index (χ0n) is 27.3. The van der Waals surface area contributed by atoms with Crippen molar-refractivity contribution in [2.45, 2.75) is 28.5 Å². The van der Waals surface area contributed by atoms with Gasteiger partial charge in [0.2, 0.25) is 17.6 Å². The summed E-state index contributed by atoms with van der Waals surface area (Å²) in [5.74, 6) is -22.1. The van der Waals surface area contributed by atoms with E-state index >= 15 is 8.78 Å². The van der Waals surface area contributed by atoms with E-state index in [1.807, 2.05) is 0 Å². The maximum Gasteiger partial charge on any atom is 0.258 e. The van der Waals surface area contributed by atoms with E-state index in [2.05, 4.69) is 0 Å². The Labute approximate surface area is 312 Å². The lowest BCUT2D eigenvalue weighted by Crippen LogP contribution is -2.60. The molecule has 8 rings (SSSR count). The van der Waals surface area contributed by atoms with Gasteiger partial charge >= 0.3 is 0 Å². The molecule has 15 heteroatoms. The van der Waals surface area contributed by atoms with Crippen LogP contribution in [0.3, 0.4) is 0 Å². The number of benzene rings is 4. The highest BCUT2D eigenvalue weighted by Crippen LogP contribution is 2.66. The molecule has 3 fully saturated rings. The van der Waals surface area contributed by atoms with Crippen LogP contribution in [0.4, 0.5) is 33.3 Å². The van der Waals surface area contributed by atoms with Gasteiger partial charge in [-0.1, -0.05) is 54.1 Å². The number of ketones is 1. The minimum Gasteiger partial charge on any atom is -0.508 e. The molecule has 0 radical (unpaired) electrons. The number of nitrogens with zero attached hydrogens (tertiary/aromatic N) is 2. The molecule has 0 bridgehead atoms. The normalized spacial score (nSPS) is 27.5. The molecule has 0 aromatic heterocycles. The molecule has 4 amide bonds. The zero-order valence-corrected chi connectivity index (χ0v) is 28.8. The van der Waals surface area contributed by atoms with Crippen LogP contribution in [0.5, 0.6) is 5.75 Å². The fraction of sp³-hybridized carbons (Fsp3) is 0.205. The van der Waals surface area contributed by atoms with E-state index in [0.29, 0.717) is 11.1 Å². The molecule has 2 saturated heterocycles. The predicted molar refractivity (Wildman–Crippen MR) is 183 cm³/mol. The summed E-state index contributed by atoms with van der Waals surface area (Å²) >= 11 is 14.2. The first-order valence-electron chi connectivity index (χ1n) is 16.5. The SMILES string of the molecule is O=C(c1ccccc1)c1ccc(N2C(=O)[C@H]3[C@H](CC=C4[C@H]3C[C@@]3(Cl)C(=O)N(c5c(F)c(F)c(F)c(F)c5F)C(=O)[C@@]3(Cl)[C@H]4c3ccc(O)cc3)C2=O)cc1. The van der Waals surface area contributed by atoms with E-state index < -0.39 is 98.2 Å². The van der Waals surface area contributed by atoms with E-state index in [0.717, 1.165) is 4.90 Å². The average Bonchev–Trinajstić information content (AvgIpc) is 3.51. The number of hydrogen-bond donors (Lipinski definition) is 1. The number of rotatable bonds is 5. The van der Waals surface area contributed by atoms with Gasteiger partial charge in [0.05, 0.1) is 17.5 Å². The number of halogens is 7. The standard InChI is InChI=1S/C39H23Cl2F5N2O6/c40-38-16-24-22(14-15-23-25(24)35(52)47(34(23)51)20-10-6-19(7-11-20)33(50)18-4-2-1-3-5-18)26(17-8-12-21(49)13-9-17)39(38,41)37(54)48(36(38)53)32-30(45)28(43)27(42)29(44)31(32)46/h1-14,23-26,49H,15-16H2/t23-,24+,25-,26-,38+,39-/m0/s1. The number of alkyl halides is 2. The van der Waals surface area contributed by atoms with Crippen molar-refractivity contribution in [2.75, 3.05) is 9.80 Å². The Kier molecular flexibility index (Phi) is 8.13. The van der Waals surface area contributed by atoms with E-state index in [1.165, 1.54) is 48.5 Å². The van der Waals surface area contributed by atoms with Crippen molar-refractivity contribution in [1.82, 2.24) is 0 Å². The van der Waals surface area contributed by atoms with Crippen molar-refractivity contribution in [3.05, 3.63) is 136 Å². The molecule has 1 N–H and O–H groups in total. The van der Waals surface area contributed by atoms with Crippen LogP contribution in [0.2, 0.25) is 0 Å². The topological polar surface area (TPSA) is 112 Å². The molecule has 2 aliphatic carbocycles. The first-order valence-corrected chi connectivity index (χ1v) is 17.2. The van der Waals surface area contributed by atoms with Gasteiger partial charge in [-0.3, -0.25) is 28.9 Å². The number of amides is 4. The Morgan fingerprint density at radius 1 is 0.685 bits per heavy atom. The first kappa shape index (κ1) is 35.6. The molecule has 4 aromatic carbocycles. The minimum absolute atomic E-state index is 0.0531. The van der Waals surface area contributed by atoms with Crippen molar-refractivity contribution in [3.8, 4) is 5.75 Å². The van der Waals surface area contributed by atoms with Gasteiger partial charge in [-0.2, -0.15) is 0 Å². The molecule has 6 atom stereocenters. The minimum atomic E-state index is -2.68. The summed E-state index contributed by atoms with van der Waals surface area (Å²) in [5.41, 5.74) is -0.598. The molecule has 2 heterocycles. The summed E-state index contributed by atoms with van der Waals surface area (Å²) < 4.78 is 73.4. The van der Waals surface area contributed by atoms with Crippen LogP contribution in [0.25, 0.3) is 0 Å². The second-order valence-corrected chi connectivity index (χ2v) is 14.8. The molecule has 274 valence electrons. The van der Waals surface area contributed by atoms with Gasteiger partial charge in [-0.25, -0.2) is 26.9 Å². The van der Waals surface area contributed by atoms with Crippen LogP contribution < -0.4 is 9.80 Å².